The van der Waals surface area contributed by atoms with Gasteiger partial charge in [0, 0.05) is 31.1 Å². The number of carbonyl (C=O) groups excluding carboxylic acids is 2. The number of carbonyl (C=O) groups is 2. The summed E-state index contributed by atoms with van der Waals surface area (Å²) in [7, 11) is -1.92. The molecule has 1 heterocycles. The molecule has 2 N–H and O–H groups in total. The Labute approximate surface area is 202 Å². The summed E-state index contributed by atoms with van der Waals surface area (Å²) in [4.78, 5) is 27.8. The maximum Gasteiger partial charge on any atom is 0.258 e. The van der Waals surface area contributed by atoms with Gasteiger partial charge in [0.25, 0.3) is 5.91 Å². The van der Waals surface area contributed by atoms with Crippen LogP contribution in [0.3, 0.4) is 0 Å². The molecule has 10 heteroatoms. The number of benzene rings is 1. The molecule has 0 saturated heterocycles. The van der Waals surface area contributed by atoms with Crippen LogP contribution in [-0.2, 0) is 14.8 Å². The van der Waals surface area contributed by atoms with Crippen molar-refractivity contribution in [3.63, 3.8) is 0 Å². The number of hydrogen-bond acceptors (Lipinski definition) is 6. The number of nitrogens with one attached hydrogen (secondary N) is 1. The summed E-state index contributed by atoms with van der Waals surface area (Å²) >= 11 is 0. The molecule has 3 atom stereocenters. The third-order valence-corrected chi connectivity index (χ3v) is 8.19. The topological polar surface area (TPSA) is 116 Å². The molecule has 0 radical (unpaired) electrons. The van der Waals surface area contributed by atoms with Gasteiger partial charge in [0.15, 0.2) is 0 Å². The van der Waals surface area contributed by atoms with Crippen LogP contribution in [0.2, 0.25) is 0 Å². The number of ether oxygens (including phenoxy) is 1. The Kier molecular flexibility index (Phi) is 8.59. The lowest BCUT2D eigenvalue weighted by atomic mass is 9.88. The van der Waals surface area contributed by atoms with E-state index >= 15 is 0 Å². The smallest absolute Gasteiger partial charge is 0.258 e. The van der Waals surface area contributed by atoms with E-state index < -0.39 is 22.2 Å². The fourth-order valence-corrected chi connectivity index (χ4v) is 4.93. The number of likely N-dealkylation sites (N-methyl/N-ethyl adjacent to an activating group) is 1. The molecule has 1 aromatic carbocycles. The molecule has 34 heavy (non-hydrogen) atoms. The van der Waals surface area contributed by atoms with Crippen LogP contribution in [0.1, 0.15) is 56.3 Å². The molecule has 0 bridgehead atoms. The van der Waals surface area contributed by atoms with Gasteiger partial charge in [0.1, 0.15) is 11.9 Å². The highest BCUT2D eigenvalue weighted by Crippen LogP contribution is 2.32. The third kappa shape index (κ3) is 6.28. The van der Waals surface area contributed by atoms with Gasteiger partial charge in [-0.05, 0) is 38.0 Å². The first-order valence-electron chi connectivity index (χ1n) is 12.0. The Morgan fingerprint density at radius 1 is 1.29 bits per heavy atom. The zero-order valence-electron chi connectivity index (χ0n) is 20.5. The van der Waals surface area contributed by atoms with E-state index in [-0.39, 0.29) is 42.4 Å². The second-order valence-corrected chi connectivity index (χ2v) is 11.8. The minimum atomic E-state index is -3.42. The van der Waals surface area contributed by atoms with E-state index in [1.807, 2.05) is 6.92 Å². The summed E-state index contributed by atoms with van der Waals surface area (Å²) in [6, 6.07) is 4.53. The highest BCUT2D eigenvalue weighted by Gasteiger charge is 2.34. The number of anilines is 1. The fraction of sp³-hybridized carbons (Fsp3) is 0.667. The van der Waals surface area contributed by atoms with E-state index in [0.29, 0.717) is 18.0 Å². The zero-order chi connectivity index (χ0) is 25.0. The molecule has 0 unspecified atom stereocenters. The van der Waals surface area contributed by atoms with E-state index in [2.05, 4.69) is 5.32 Å². The number of sulfonamides is 1. The van der Waals surface area contributed by atoms with Gasteiger partial charge >= 0.3 is 0 Å². The van der Waals surface area contributed by atoms with Crippen LogP contribution >= 0.6 is 0 Å². The van der Waals surface area contributed by atoms with Gasteiger partial charge in [-0.15, -0.1) is 0 Å². The van der Waals surface area contributed by atoms with Gasteiger partial charge in [-0.1, -0.05) is 26.2 Å². The van der Waals surface area contributed by atoms with Crippen molar-refractivity contribution in [1.82, 2.24) is 9.21 Å². The van der Waals surface area contributed by atoms with E-state index in [1.54, 1.807) is 30.0 Å². The summed E-state index contributed by atoms with van der Waals surface area (Å²) in [5, 5.41) is 12.7. The van der Waals surface area contributed by atoms with Gasteiger partial charge in [0.05, 0.1) is 31.0 Å². The van der Waals surface area contributed by atoms with Crippen molar-refractivity contribution < 1.29 is 27.9 Å². The lowest BCUT2D eigenvalue weighted by molar-refractivity contribution is -0.120. The van der Waals surface area contributed by atoms with Crippen molar-refractivity contribution in [2.75, 3.05) is 38.3 Å². The molecule has 3 rings (SSSR count). The Morgan fingerprint density at radius 2 is 1.97 bits per heavy atom. The monoisotopic (exact) mass is 495 g/mol. The lowest BCUT2D eigenvalue weighted by Crippen LogP contribution is -2.50. The first-order valence-corrected chi connectivity index (χ1v) is 13.8. The summed E-state index contributed by atoms with van der Waals surface area (Å²) in [5.74, 6) is -0.228. The van der Waals surface area contributed by atoms with E-state index in [1.165, 1.54) is 11.4 Å². The molecule has 2 aliphatic rings. The van der Waals surface area contributed by atoms with Crippen LogP contribution < -0.4 is 10.1 Å². The maximum atomic E-state index is 13.5. The largest absolute Gasteiger partial charge is 0.488 e. The maximum absolute atomic E-state index is 13.5. The van der Waals surface area contributed by atoms with Crippen molar-refractivity contribution in [2.45, 2.75) is 58.1 Å². The molecule has 1 saturated carbocycles. The first kappa shape index (κ1) is 26.4. The number of aliphatic hydroxyl groups is 1. The molecule has 1 aliphatic carbocycles. The SMILES string of the molecule is C[C@@H]1CN([C@H](C)CO)C(=O)c2cc(NC(=O)C3CCCCC3)ccc2O[C@H]1CN(C)S(C)(=O)=O. The number of hydrogen-bond donors (Lipinski definition) is 2. The van der Waals surface area contributed by atoms with Crippen LogP contribution in [0.25, 0.3) is 0 Å². The van der Waals surface area contributed by atoms with Crippen LogP contribution in [0.5, 0.6) is 5.75 Å². The Bertz CT molecular complexity index is 992. The Balaban J connectivity index is 1.92. The van der Waals surface area contributed by atoms with E-state index in [9.17, 15) is 23.1 Å². The minimum Gasteiger partial charge on any atom is -0.488 e. The molecular formula is C24H37N3O6S. The Hall–Kier alpha value is -2.17. The number of aliphatic hydroxyl groups excluding tert-OH is 1. The molecule has 2 amide bonds. The normalized spacial score (nSPS) is 23.0. The zero-order valence-corrected chi connectivity index (χ0v) is 21.3. The van der Waals surface area contributed by atoms with Crippen molar-refractivity contribution in [2.24, 2.45) is 11.8 Å². The fourth-order valence-electron chi connectivity index (χ4n) is 4.52. The molecular weight excluding hydrogens is 458 g/mol. The molecule has 1 aromatic rings. The average Bonchev–Trinajstić information content (AvgIpc) is 2.81. The third-order valence-electron chi connectivity index (χ3n) is 6.91. The van der Waals surface area contributed by atoms with Crippen molar-refractivity contribution >= 4 is 27.5 Å². The van der Waals surface area contributed by atoms with Crippen LogP contribution in [0.4, 0.5) is 5.69 Å². The molecule has 1 fully saturated rings. The summed E-state index contributed by atoms with van der Waals surface area (Å²) in [5.41, 5.74) is 0.793. The van der Waals surface area contributed by atoms with Crippen LogP contribution in [-0.4, -0.2) is 79.7 Å². The van der Waals surface area contributed by atoms with Gasteiger partial charge in [0.2, 0.25) is 15.9 Å². The molecule has 0 aromatic heterocycles. The number of nitrogens with zero attached hydrogens (tertiary/aromatic N) is 2. The minimum absolute atomic E-state index is 0.0228. The van der Waals surface area contributed by atoms with Gasteiger partial charge in [-0.3, -0.25) is 9.59 Å². The van der Waals surface area contributed by atoms with Crippen LogP contribution in [0.15, 0.2) is 18.2 Å². The van der Waals surface area contributed by atoms with Crippen molar-refractivity contribution in [1.29, 1.82) is 0 Å². The van der Waals surface area contributed by atoms with Gasteiger partial charge in [-0.2, -0.15) is 0 Å². The van der Waals surface area contributed by atoms with Crippen molar-refractivity contribution in [3.8, 4) is 5.75 Å². The average molecular weight is 496 g/mol. The lowest BCUT2D eigenvalue weighted by Gasteiger charge is -2.38. The quantitative estimate of drug-likeness (QED) is 0.600. The Morgan fingerprint density at radius 3 is 2.59 bits per heavy atom. The molecule has 190 valence electrons. The van der Waals surface area contributed by atoms with Gasteiger partial charge < -0.3 is 20.1 Å². The van der Waals surface area contributed by atoms with Crippen LogP contribution in [0, 0.1) is 11.8 Å². The van der Waals surface area contributed by atoms with E-state index in [0.717, 1.165) is 38.4 Å². The summed E-state index contributed by atoms with van der Waals surface area (Å²) in [6.07, 6.45) is 5.61. The highest BCUT2D eigenvalue weighted by molar-refractivity contribution is 7.88. The number of rotatable bonds is 7. The predicted octanol–water partition coefficient (Wildman–Crippen LogP) is 2.32. The highest BCUT2D eigenvalue weighted by atomic mass is 32.2. The molecule has 9 nitrogen and oxygen atoms in total. The van der Waals surface area contributed by atoms with Crippen molar-refractivity contribution in [3.05, 3.63) is 23.8 Å². The standard InChI is InChI=1S/C24H37N3O6S/c1-16-13-27(17(2)15-28)24(30)20-12-19(25-23(29)18-8-6-5-7-9-18)10-11-21(20)33-22(16)14-26(3)34(4,31)32/h10-12,16-18,22,28H,5-9,13-15H2,1-4H3,(H,25,29)/t16-,17-,22+/m1/s1. The molecule has 0 spiro atoms. The first-order chi connectivity index (χ1) is 16.0. The number of fused-ring (bicyclic) bond motifs is 1. The number of amides is 2. The summed E-state index contributed by atoms with van der Waals surface area (Å²) in [6.45, 7) is 3.87. The predicted molar refractivity (Wildman–Crippen MR) is 130 cm³/mol. The summed E-state index contributed by atoms with van der Waals surface area (Å²) < 4.78 is 31.4. The second kappa shape index (κ2) is 11.0. The van der Waals surface area contributed by atoms with Gasteiger partial charge in [-0.25, -0.2) is 12.7 Å². The second-order valence-electron chi connectivity index (χ2n) is 9.70. The van der Waals surface area contributed by atoms with E-state index in [4.69, 9.17) is 4.74 Å². The molecule has 1 aliphatic heterocycles.